The highest BCUT2D eigenvalue weighted by molar-refractivity contribution is 7.09. The molecule has 32 heavy (non-hydrogen) atoms. The molecule has 3 heterocycles. The normalized spacial score (nSPS) is 21.7. The van der Waals surface area contributed by atoms with Crippen LogP contribution in [0.15, 0.2) is 72.2 Å². The molecule has 1 fully saturated rings. The number of hydrogen-bond acceptors (Lipinski definition) is 5. The van der Waals surface area contributed by atoms with Crippen LogP contribution in [-0.2, 0) is 6.54 Å². The molecule has 2 aromatic carbocycles. The molecule has 0 unspecified atom stereocenters. The van der Waals surface area contributed by atoms with Crippen LogP contribution < -0.4 is 0 Å². The third-order valence-corrected chi connectivity index (χ3v) is 7.02. The maximum atomic E-state index is 13.3. The Balaban J connectivity index is 1.42. The number of thiophene rings is 1. The van der Waals surface area contributed by atoms with Gasteiger partial charge >= 0.3 is 0 Å². The van der Waals surface area contributed by atoms with Gasteiger partial charge < -0.3 is 5.11 Å². The summed E-state index contributed by atoms with van der Waals surface area (Å²) in [4.78, 5) is 3.72. The number of aromatic nitrogens is 3. The van der Waals surface area contributed by atoms with Crippen LogP contribution in [0.25, 0.3) is 11.3 Å². The molecule has 1 N–H and O–H groups in total. The highest BCUT2D eigenvalue weighted by Crippen LogP contribution is 2.37. The lowest BCUT2D eigenvalue weighted by Crippen LogP contribution is -2.45. The summed E-state index contributed by atoms with van der Waals surface area (Å²) in [5, 5.41) is 21.8. The standard InChI is InChI=1S/C25H25FN4OS/c1-17-4-6-19(7-5-17)23-13-25(31)24(16-29(23)14-21-3-2-12-32-21)30-15-22(27-28-30)18-8-10-20(26)11-9-18/h2-12,15,23-25,31H,13-14,16H2,1H3/t23-,24-,25-/m1/s1. The van der Waals surface area contributed by atoms with E-state index in [0.717, 1.165) is 12.1 Å². The third kappa shape index (κ3) is 4.37. The van der Waals surface area contributed by atoms with Crippen LogP contribution in [0.3, 0.4) is 0 Å². The minimum atomic E-state index is -0.552. The molecule has 5 nitrogen and oxygen atoms in total. The topological polar surface area (TPSA) is 54.2 Å². The zero-order valence-corrected chi connectivity index (χ0v) is 18.6. The van der Waals surface area contributed by atoms with E-state index in [1.165, 1.54) is 28.1 Å². The van der Waals surface area contributed by atoms with E-state index in [2.05, 4.69) is 63.9 Å². The molecule has 5 rings (SSSR count). The Morgan fingerprint density at radius 2 is 1.88 bits per heavy atom. The van der Waals surface area contributed by atoms with E-state index in [-0.39, 0.29) is 17.9 Å². The molecule has 0 aliphatic carbocycles. The minimum absolute atomic E-state index is 0.129. The molecule has 0 radical (unpaired) electrons. The van der Waals surface area contributed by atoms with Crippen LogP contribution in [0.4, 0.5) is 4.39 Å². The average molecular weight is 449 g/mol. The molecule has 0 amide bonds. The van der Waals surface area contributed by atoms with E-state index in [1.807, 2.05) is 6.20 Å². The summed E-state index contributed by atoms with van der Waals surface area (Å²) < 4.78 is 15.0. The van der Waals surface area contributed by atoms with Crippen LogP contribution in [0.2, 0.25) is 0 Å². The predicted octanol–water partition coefficient (Wildman–Crippen LogP) is 5.00. The van der Waals surface area contributed by atoms with Gasteiger partial charge in [-0.15, -0.1) is 16.4 Å². The van der Waals surface area contributed by atoms with Gasteiger partial charge in [0.15, 0.2) is 0 Å². The van der Waals surface area contributed by atoms with E-state index < -0.39 is 6.10 Å². The SMILES string of the molecule is Cc1ccc([C@H]2C[C@@H](O)[C@H](n3cc(-c4ccc(F)cc4)nn3)CN2Cc2cccs2)cc1. The summed E-state index contributed by atoms with van der Waals surface area (Å²) in [5.74, 6) is -0.282. The second-order valence-corrected chi connectivity index (χ2v) is 9.43. The van der Waals surface area contributed by atoms with Gasteiger partial charge in [-0.3, -0.25) is 4.90 Å². The second kappa shape index (κ2) is 8.94. The Hall–Kier alpha value is -2.87. The summed E-state index contributed by atoms with van der Waals surface area (Å²) in [6, 6.07) is 18.9. The molecule has 7 heteroatoms. The fraction of sp³-hybridized carbons (Fsp3) is 0.280. The highest BCUT2D eigenvalue weighted by atomic mass is 32.1. The number of aliphatic hydroxyl groups is 1. The fourth-order valence-corrected chi connectivity index (χ4v) is 5.12. The molecule has 164 valence electrons. The van der Waals surface area contributed by atoms with Crippen molar-refractivity contribution >= 4 is 11.3 Å². The van der Waals surface area contributed by atoms with E-state index in [1.54, 1.807) is 28.2 Å². The van der Waals surface area contributed by atoms with Crippen molar-refractivity contribution in [2.45, 2.75) is 38.1 Å². The quantitative estimate of drug-likeness (QED) is 0.467. The summed E-state index contributed by atoms with van der Waals surface area (Å²) in [6.07, 6.45) is 1.91. The first-order chi connectivity index (χ1) is 15.6. The first-order valence-corrected chi connectivity index (χ1v) is 11.6. The smallest absolute Gasteiger partial charge is 0.123 e. The van der Waals surface area contributed by atoms with E-state index >= 15 is 0 Å². The molecule has 2 aromatic heterocycles. The summed E-state index contributed by atoms with van der Waals surface area (Å²) in [6.45, 7) is 3.56. The Labute approximate surface area is 190 Å². The van der Waals surface area contributed by atoms with Crippen LogP contribution in [0, 0.1) is 12.7 Å². The lowest BCUT2D eigenvalue weighted by Gasteiger charge is -2.42. The number of nitrogens with zero attached hydrogens (tertiary/aromatic N) is 4. The second-order valence-electron chi connectivity index (χ2n) is 8.40. The zero-order valence-electron chi connectivity index (χ0n) is 17.8. The molecule has 0 spiro atoms. The molecule has 1 saturated heterocycles. The number of aliphatic hydroxyl groups excluding tert-OH is 1. The third-order valence-electron chi connectivity index (χ3n) is 6.16. The first-order valence-electron chi connectivity index (χ1n) is 10.8. The summed E-state index contributed by atoms with van der Waals surface area (Å²) in [7, 11) is 0. The van der Waals surface area contributed by atoms with Gasteiger partial charge in [0.25, 0.3) is 0 Å². The summed E-state index contributed by atoms with van der Waals surface area (Å²) >= 11 is 1.75. The Morgan fingerprint density at radius 1 is 1.09 bits per heavy atom. The largest absolute Gasteiger partial charge is 0.391 e. The Morgan fingerprint density at radius 3 is 2.59 bits per heavy atom. The lowest BCUT2D eigenvalue weighted by molar-refractivity contribution is -0.0105. The van der Waals surface area contributed by atoms with Crippen LogP contribution in [-0.4, -0.2) is 37.6 Å². The van der Waals surface area contributed by atoms with Crippen LogP contribution in [0.1, 0.15) is 34.5 Å². The zero-order chi connectivity index (χ0) is 22.1. The van der Waals surface area contributed by atoms with Gasteiger partial charge in [0.2, 0.25) is 0 Å². The fourth-order valence-electron chi connectivity index (χ4n) is 4.39. The maximum absolute atomic E-state index is 13.3. The number of halogens is 1. The van der Waals surface area contributed by atoms with Crippen molar-refractivity contribution in [3.63, 3.8) is 0 Å². The maximum Gasteiger partial charge on any atom is 0.123 e. The molecule has 0 bridgehead atoms. The van der Waals surface area contributed by atoms with Crippen molar-refractivity contribution in [1.82, 2.24) is 19.9 Å². The van der Waals surface area contributed by atoms with Crippen molar-refractivity contribution < 1.29 is 9.50 Å². The van der Waals surface area contributed by atoms with Gasteiger partial charge in [0.05, 0.1) is 18.3 Å². The number of benzene rings is 2. The van der Waals surface area contributed by atoms with E-state index in [9.17, 15) is 9.50 Å². The minimum Gasteiger partial charge on any atom is -0.391 e. The van der Waals surface area contributed by atoms with E-state index in [0.29, 0.717) is 18.7 Å². The molecule has 0 saturated carbocycles. The molecule has 4 aromatic rings. The molecular weight excluding hydrogens is 423 g/mol. The van der Waals surface area contributed by atoms with Crippen molar-refractivity contribution in [1.29, 1.82) is 0 Å². The van der Waals surface area contributed by atoms with Gasteiger partial charge in [-0.05, 0) is 54.6 Å². The van der Waals surface area contributed by atoms with Crippen molar-refractivity contribution in [3.05, 3.63) is 94.1 Å². The number of piperidine rings is 1. The van der Waals surface area contributed by atoms with E-state index in [4.69, 9.17) is 0 Å². The van der Waals surface area contributed by atoms with Crippen LogP contribution >= 0.6 is 11.3 Å². The molecular formula is C25H25FN4OS. The number of hydrogen-bond donors (Lipinski definition) is 1. The van der Waals surface area contributed by atoms with Gasteiger partial charge in [0.1, 0.15) is 11.5 Å². The van der Waals surface area contributed by atoms with Crippen molar-refractivity contribution in [2.75, 3.05) is 6.54 Å². The number of likely N-dealkylation sites (tertiary alicyclic amines) is 1. The Bertz CT molecular complexity index is 1160. The first kappa shape index (κ1) is 21.0. The Kier molecular flexibility index (Phi) is 5.87. The average Bonchev–Trinajstić information content (AvgIpc) is 3.48. The van der Waals surface area contributed by atoms with Crippen LogP contribution in [0.5, 0.6) is 0 Å². The molecule has 1 aliphatic heterocycles. The number of aryl methyl sites for hydroxylation is 1. The highest BCUT2D eigenvalue weighted by Gasteiger charge is 2.37. The van der Waals surface area contributed by atoms with Gasteiger partial charge in [0, 0.05) is 29.6 Å². The number of rotatable bonds is 5. The van der Waals surface area contributed by atoms with Gasteiger partial charge in [-0.25, -0.2) is 9.07 Å². The molecule has 1 aliphatic rings. The van der Waals surface area contributed by atoms with Crippen molar-refractivity contribution in [3.8, 4) is 11.3 Å². The van der Waals surface area contributed by atoms with Crippen molar-refractivity contribution in [2.24, 2.45) is 0 Å². The van der Waals surface area contributed by atoms with Gasteiger partial charge in [-0.2, -0.15) is 0 Å². The molecule has 3 atom stereocenters. The summed E-state index contributed by atoms with van der Waals surface area (Å²) in [5.41, 5.74) is 3.91. The van der Waals surface area contributed by atoms with Gasteiger partial charge in [-0.1, -0.05) is 41.1 Å². The lowest BCUT2D eigenvalue weighted by atomic mass is 9.90. The monoisotopic (exact) mass is 448 g/mol. The predicted molar refractivity (Wildman–Crippen MR) is 124 cm³/mol.